The summed E-state index contributed by atoms with van der Waals surface area (Å²) >= 11 is 0. The van der Waals surface area contributed by atoms with Crippen LogP contribution < -0.4 is 0 Å². The van der Waals surface area contributed by atoms with Gasteiger partial charge in [0.25, 0.3) is 0 Å². The van der Waals surface area contributed by atoms with Gasteiger partial charge in [0, 0.05) is 31.6 Å². The summed E-state index contributed by atoms with van der Waals surface area (Å²) in [6.07, 6.45) is 6.23. The van der Waals surface area contributed by atoms with Gasteiger partial charge in [-0.1, -0.05) is 20.8 Å². The molecule has 2 unspecified atom stereocenters. The molecular weight excluding hydrogens is 356 g/mol. The first kappa shape index (κ1) is 22.3. The largest absolute Gasteiger partial charge is 0.444 e. The SMILES string of the molecule is C#CC1CN(C2CCN(C(=O)OC(C)(C)C)CC2O[Si](C)(C)C(C)(C)C)C1. The molecule has 2 atom stereocenters. The van der Waals surface area contributed by atoms with Gasteiger partial charge >= 0.3 is 6.09 Å². The molecule has 0 N–H and O–H groups in total. The van der Waals surface area contributed by atoms with E-state index < -0.39 is 13.9 Å². The minimum atomic E-state index is -1.95. The molecule has 0 aromatic rings. The second-order valence-electron chi connectivity index (χ2n) is 10.5. The molecule has 154 valence electrons. The summed E-state index contributed by atoms with van der Waals surface area (Å²) in [5, 5.41) is 0.127. The normalized spacial score (nSPS) is 25.7. The van der Waals surface area contributed by atoms with Crippen LogP contribution in [0.3, 0.4) is 0 Å². The topological polar surface area (TPSA) is 42.0 Å². The van der Waals surface area contributed by atoms with Crippen molar-refractivity contribution in [2.75, 3.05) is 26.2 Å². The second-order valence-corrected chi connectivity index (χ2v) is 15.3. The molecule has 0 aliphatic carbocycles. The molecule has 0 radical (unpaired) electrons. The average molecular weight is 395 g/mol. The maximum absolute atomic E-state index is 12.6. The maximum Gasteiger partial charge on any atom is 0.410 e. The molecule has 0 spiro atoms. The number of piperidine rings is 1. The van der Waals surface area contributed by atoms with Crippen LogP contribution in [0.4, 0.5) is 4.79 Å². The average Bonchev–Trinajstić information content (AvgIpc) is 2.44. The van der Waals surface area contributed by atoms with Gasteiger partial charge in [0.15, 0.2) is 8.32 Å². The Bertz CT molecular complexity index is 580. The summed E-state index contributed by atoms with van der Waals surface area (Å²) in [5.74, 6) is 3.20. The highest BCUT2D eigenvalue weighted by Gasteiger charge is 2.46. The van der Waals surface area contributed by atoms with Crippen molar-refractivity contribution in [2.24, 2.45) is 5.92 Å². The van der Waals surface area contributed by atoms with E-state index in [4.69, 9.17) is 15.6 Å². The summed E-state index contributed by atoms with van der Waals surface area (Å²) in [6.45, 7) is 20.2. The van der Waals surface area contributed by atoms with Crippen LogP contribution >= 0.6 is 0 Å². The van der Waals surface area contributed by atoms with Gasteiger partial charge in [0.1, 0.15) is 5.60 Å². The second kappa shape index (κ2) is 7.77. The third kappa shape index (κ3) is 5.49. The van der Waals surface area contributed by atoms with Gasteiger partial charge in [-0.3, -0.25) is 4.90 Å². The van der Waals surface area contributed by atoms with E-state index in [1.54, 1.807) is 0 Å². The van der Waals surface area contributed by atoms with Crippen molar-refractivity contribution in [3.63, 3.8) is 0 Å². The molecule has 0 bridgehead atoms. The van der Waals surface area contributed by atoms with Crippen LogP contribution in [0.25, 0.3) is 0 Å². The fraction of sp³-hybridized carbons (Fsp3) is 0.857. The fourth-order valence-electron chi connectivity index (χ4n) is 3.37. The summed E-state index contributed by atoms with van der Waals surface area (Å²) in [4.78, 5) is 16.9. The molecule has 2 rings (SSSR count). The zero-order valence-corrected chi connectivity index (χ0v) is 19.5. The Balaban J connectivity index is 2.13. The van der Waals surface area contributed by atoms with E-state index in [0.29, 0.717) is 25.0 Å². The van der Waals surface area contributed by atoms with E-state index in [1.807, 2.05) is 25.7 Å². The lowest BCUT2D eigenvalue weighted by Gasteiger charge is -2.51. The molecule has 1 amide bonds. The van der Waals surface area contributed by atoms with Gasteiger partial charge in [-0.2, -0.15) is 0 Å². The Hall–Kier alpha value is -1.03. The first-order valence-corrected chi connectivity index (χ1v) is 13.0. The molecule has 2 heterocycles. The van der Waals surface area contributed by atoms with Crippen LogP contribution in [0.2, 0.25) is 18.1 Å². The van der Waals surface area contributed by atoms with Gasteiger partial charge in [-0.05, 0) is 45.3 Å². The molecular formula is C21H38N2O3Si. The predicted molar refractivity (Wildman–Crippen MR) is 112 cm³/mol. The van der Waals surface area contributed by atoms with Crippen LogP contribution in [-0.2, 0) is 9.16 Å². The van der Waals surface area contributed by atoms with E-state index in [2.05, 4.69) is 44.7 Å². The number of nitrogens with zero attached hydrogens (tertiary/aromatic N) is 2. The molecule has 2 aliphatic rings. The van der Waals surface area contributed by atoms with Crippen molar-refractivity contribution in [3.05, 3.63) is 0 Å². The fourth-order valence-corrected chi connectivity index (χ4v) is 4.72. The smallest absolute Gasteiger partial charge is 0.410 e. The molecule has 6 heteroatoms. The van der Waals surface area contributed by atoms with Crippen LogP contribution in [0.1, 0.15) is 48.0 Å². The third-order valence-corrected chi connectivity index (χ3v) is 10.5. The zero-order chi connectivity index (χ0) is 20.6. The third-order valence-electron chi connectivity index (χ3n) is 6.04. The first-order chi connectivity index (χ1) is 12.2. The van der Waals surface area contributed by atoms with Crippen molar-refractivity contribution in [2.45, 2.75) is 83.8 Å². The minimum absolute atomic E-state index is 0.00545. The van der Waals surface area contributed by atoms with Crippen LogP contribution in [-0.4, -0.2) is 68.1 Å². The van der Waals surface area contributed by atoms with Crippen molar-refractivity contribution in [1.29, 1.82) is 0 Å². The number of carbonyl (C=O) groups is 1. The molecule has 27 heavy (non-hydrogen) atoms. The molecule has 0 saturated carbocycles. The molecule has 2 aliphatic heterocycles. The van der Waals surface area contributed by atoms with Gasteiger partial charge < -0.3 is 14.1 Å². The Morgan fingerprint density at radius 2 is 1.70 bits per heavy atom. The van der Waals surface area contributed by atoms with Gasteiger partial charge in [0.2, 0.25) is 0 Å². The van der Waals surface area contributed by atoms with E-state index in [9.17, 15) is 4.79 Å². The highest BCUT2D eigenvalue weighted by molar-refractivity contribution is 6.74. The number of hydrogen-bond donors (Lipinski definition) is 0. The number of ether oxygens (including phenoxy) is 1. The van der Waals surface area contributed by atoms with Gasteiger partial charge in [-0.25, -0.2) is 4.79 Å². The van der Waals surface area contributed by atoms with Gasteiger partial charge in [-0.15, -0.1) is 12.3 Å². The predicted octanol–water partition coefficient (Wildman–Crippen LogP) is 3.95. The number of amides is 1. The zero-order valence-electron chi connectivity index (χ0n) is 18.5. The lowest BCUT2D eigenvalue weighted by molar-refractivity contribution is -0.0472. The van der Waals surface area contributed by atoms with Crippen molar-refractivity contribution < 1.29 is 14.0 Å². The van der Waals surface area contributed by atoms with Crippen molar-refractivity contribution in [3.8, 4) is 12.3 Å². The summed E-state index contributed by atoms with van der Waals surface area (Å²) in [7, 11) is -1.95. The van der Waals surface area contributed by atoms with E-state index in [1.165, 1.54) is 0 Å². The number of terminal acetylenes is 1. The standard InChI is InChI=1S/C21H38N2O3Si/c1-10-16-13-23(14-16)17-11-12-22(19(24)25-20(2,3)4)15-18(17)26-27(8,9)21(5,6)7/h1,16-18H,11-15H2,2-9H3. The molecule has 0 aromatic carbocycles. The lowest BCUT2D eigenvalue weighted by atomic mass is 9.92. The van der Waals surface area contributed by atoms with E-state index in [0.717, 1.165) is 19.5 Å². The summed E-state index contributed by atoms with van der Waals surface area (Å²) in [6, 6.07) is 0.322. The van der Waals surface area contributed by atoms with Crippen LogP contribution in [0.15, 0.2) is 0 Å². The minimum Gasteiger partial charge on any atom is -0.444 e. The van der Waals surface area contributed by atoms with Crippen LogP contribution in [0, 0.1) is 18.3 Å². The Morgan fingerprint density at radius 3 is 2.19 bits per heavy atom. The molecule has 2 saturated heterocycles. The maximum atomic E-state index is 12.6. The van der Waals surface area contributed by atoms with Gasteiger partial charge in [0.05, 0.1) is 12.6 Å². The quantitative estimate of drug-likeness (QED) is 0.537. The van der Waals surface area contributed by atoms with E-state index in [-0.39, 0.29) is 17.2 Å². The monoisotopic (exact) mass is 394 g/mol. The van der Waals surface area contributed by atoms with Crippen molar-refractivity contribution in [1.82, 2.24) is 9.80 Å². The number of carbonyl (C=O) groups excluding carboxylic acids is 1. The summed E-state index contributed by atoms with van der Waals surface area (Å²) < 4.78 is 12.4. The molecule has 0 aromatic heterocycles. The molecule has 2 fully saturated rings. The Kier molecular flexibility index (Phi) is 6.40. The van der Waals surface area contributed by atoms with Crippen molar-refractivity contribution >= 4 is 14.4 Å². The van der Waals surface area contributed by atoms with Crippen LogP contribution in [0.5, 0.6) is 0 Å². The first-order valence-electron chi connectivity index (χ1n) is 10.1. The highest BCUT2D eigenvalue weighted by atomic mass is 28.4. The number of rotatable bonds is 3. The lowest BCUT2D eigenvalue weighted by Crippen LogP contribution is -2.64. The summed E-state index contributed by atoms with van der Waals surface area (Å²) in [5.41, 5.74) is -0.485. The molecule has 5 nitrogen and oxygen atoms in total. The number of likely N-dealkylation sites (tertiary alicyclic amines) is 2. The highest BCUT2D eigenvalue weighted by Crippen LogP contribution is 2.39. The Labute approximate surface area is 166 Å². The Morgan fingerprint density at radius 1 is 1.11 bits per heavy atom. The van der Waals surface area contributed by atoms with E-state index >= 15 is 0 Å². The number of hydrogen-bond acceptors (Lipinski definition) is 4.